The van der Waals surface area contributed by atoms with Crippen LogP contribution >= 0.6 is 0 Å². The second-order valence-corrected chi connectivity index (χ2v) is 4.81. The molecule has 4 nitrogen and oxygen atoms in total. The van der Waals surface area contributed by atoms with Gasteiger partial charge in [0, 0.05) is 11.6 Å². The quantitative estimate of drug-likeness (QED) is 0.722. The lowest BCUT2D eigenvalue weighted by Gasteiger charge is -2.35. The van der Waals surface area contributed by atoms with Crippen molar-refractivity contribution in [3.05, 3.63) is 47.0 Å². The number of fused-ring (bicyclic) bond motifs is 2. The van der Waals surface area contributed by atoms with E-state index in [2.05, 4.69) is 0 Å². The van der Waals surface area contributed by atoms with Crippen LogP contribution < -0.4 is 0 Å². The maximum Gasteiger partial charge on any atom is 0.338 e. The maximum absolute atomic E-state index is 11.9. The Bertz CT molecular complexity index is 588. The molecule has 1 atom stereocenters. The predicted molar refractivity (Wildman–Crippen MR) is 67.2 cm³/mol. The highest BCUT2D eigenvalue weighted by Crippen LogP contribution is 2.47. The third-order valence-electron chi connectivity index (χ3n) is 3.80. The molecule has 1 spiro atoms. The number of carbonyl (C=O) groups excluding carboxylic acids is 2. The molecule has 1 unspecified atom stereocenters. The van der Waals surface area contributed by atoms with E-state index in [9.17, 15) is 9.59 Å². The molecule has 0 saturated carbocycles. The molecule has 0 N–H and O–H groups in total. The van der Waals surface area contributed by atoms with E-state index in [0.29, 0.717) is 12.0 Å². The molecule has 98 valence electrons. The molecule has 0 bridgehead atoms. The fourth-order valence-corrected chi connectivity index (χ4v) is 3.00. The highest BCUT2D eigenvalue weighted by atomic mass is 16.6. The van der Waals surface area contributed by atoms with Gasteiger partial charge in [0.05, 0.1) is 12.7 Å². The van der Waals surface area contributed by atoms with Crippen molar-refractivity contribution in [3.8, 4) is 0 Å². The summed E-state index contributed by atoms with van der Waals surface area (Å²) in [4.78, 5) is 23.6. The van der Waals surface area contributed by atoms with Gasteiger partial charge >= 0.3 is 11.9 Å². The van der Waals surface area contributed by atoms with Crippen LogP contribution in [0.15, 0.2) is 35.9 Å². The number of carbonyl (C=O) groups is 2. The summed E-state index contributed by atoms with van der Waals surface area (Å²) in [6.45, 7) is 0. The topological polar surface area (TPSA) is 52.6 Å². The second kappa shape index (κ2) is 4.23. The molecule has 3 rings (SSSR count). The smallest absolute Gasteiger partial charge is 0.338 e. The predicted octanol–water partition coefficient (Wildman–Crippen LogP) is 1.87. The number of rotatable bonds is 1. The van der Waals surface area contributed by atoms with Crippen LogP contribution in [0.4, 0.5) is 0 Å². The summed E-state index contributed by atoms with van der Waals surface area (Å²) in [5, 5.41) is 0. The Balaban J connectivity index is 2.17. The lowest BCUT2D eigenvalue weighted by molar-refractivity contribution is -0.150. The van der Waals surface area contributed by atoms with Crippen LogP contribution in [-0.2, 0) is 31.1 Å². The van der Waals surface area contributed by atoms with Crippen LogP contribution in [-0.4, -0.2) is 19.0 Å². The second-order valence-electron chi connectivity index (χ2n) is 4.81. The summed E-state index contributed by atoms with van der Waals surface area (Å²) in [5.74, 6) is -0.973. The van der Waals surface area contributed by atoms with Gasteiger partial charge in [-0.2, -0.15) is 0 Å². The van der Waals surface area contributed by atoms with Crippen molar-refractivity contribution < 1.29 is 19.1 Å². The van der Waals surface area contributed by atoms with E-state index in [1.54, 1.807) is 0 Å². The van der Waals surface area contributed by atoms with Crippen molar-refractivity contribution in [3.63, 3.8) is 0 Å². The monoisotopic (exact) mass is 258 g/mol. The first-order valence-electron chi connectivity index (χ1n) is 6.29. The SMILES string of the molecule is COC(=O)C1=CC(=O)OC12CCCc1ccccc12. The molecule has 0 saturated heterocycles. The minimum absolute atomic E-state index is 0.312. The van der Waals surface area contributed by atoms with Crippen LogP contribution in [0.2, 0.25) is 0 Å². The average Bonchev–Trinajstić information content (AvgIpc) is 2.76. The van der Waals surface area contributed by atoms with Gasteiger partial charge in [-0.25, -0.2) is 9.59 Å². The molecule has 1 aromatic rings. The number of methoxy groups -OCH3 is 1. The summed E-state index contributed by atoms with van der Waals surface area (Å²) in [6, 6.07) is 7.78. The van der Waals surface area contributed by atoms with Crippen molar-refractivity contribution in [1.82, 2.24) is 0 Å². The van der Waals surface area contributed by atoms with Gasteiger partial charge < -0.3 is 9.47 Å². The third kappa shape index (κ3) is 1.67. The molecule has 0 aromatic heterocycles. The van der Waals surface area contributed by atoms with E-state index < -0.39 is 17.5 Å². The fourth-order valence-electron chi connectivity index (χ4n) is 3.00. The summed E-state index contributed by atoms with van der Waals surface area (Å²) in [7, 11) is 1.31. The standard InChI is InChI=1S/C15H14O4/c1-18-14(17)12-9-13(16)19-15(12)8-4-6-10-5-2-3-7-11(10)15/h2-3,5,7,9H,4,6,8H2,1H3. The van der Waals surface area contributed by atoms with Crippen molar-refractivity contribution in [2.75, 3.05) is 7.11 Å². The van der Waals surface area contributed by atoms with E-state index in [-0.39, 0.29) is 0 Å². The van der Waals surface area contributed by atoms with Gasteiger partial charge in [-0.05, 0) is 24.8 Å². The zero-order valence-corrected chi connectivity index (χ0v) is 10.6. The molecule has 2 aliphatic rings. The van der Waals surface area contributed by atoms with E-state index in [1.807, 2.05) is 24.3 Å². The van der Waals surface area contributed by atoms with Crippen LogP contribution in [0.25, 0.3) is 0 Å². The van der Waals surface area contributed by atoms with Crippen LogP contribution in [0, 0.1) is 0 Å². The molecule has 4 heteroatoms. The summed E-state index contributed by atoms with van der Waals surface area (Å²) >= 11 is 0. The highest BCUT2D eigenvalue weighted by Gasteiger charge is 2.50. The highest BCUT2D eigenvalue weighted by molar-refractivity contribution is 6.02. The zero-order chi connectivity index (χ0) is 13.5. The summed E-state index contributed by atoms with van der Waals surface area (Å²) in [6.07, 6.45) is 3.69. The number of hydrogen-bond acceptors (Lipinski definition) is 4. The summed E-state index contributed by atoms with van der Waals surface area (Å²) in [5.41, 5.74) is 1.40. The fraction of sp³-hybridized carbons (Fsp3) is 0.333. The molecular weight excluding hydrogens is 244 g/mol. The molecule has 0 fully saturated rings. The van der Waals surface area contributed by atoms with Gasteiger partial charge in [0.2, 0.25) is 0 Å². The Labute approximate surface area is 111 Å². The Kier molecular flexibility index (Phi) is 2.66. The first-order chi connectivity index (χ1) is 9.17. The summed E-state index contributed by atoms with van der Waals surface area (Å²) < 4.78 is 10.3. The third-order valence-corrected chi connectivity index (χ3v) is 3.80. The molecule has 1 heterocycles. The molecule has 19 heavy (non-hydrogen) atoms. The van der Waals surface area contributed by atoms with Gasteiger partial charge in [-0.1, -0.05) is 24.3 Å². The largest absolute Gasteiger partial charge is 0.466 e. The van der Waals surface area contributed by atoms with Gasteiger partial charge in [0.1, 0.15) is 0 Å². The molecule has 1 aromatic carbocycles. The average molecular weight is 258 g/mol. The number of benzene rings is 1. The first kappa shape index (κ1) is 12.0. The molecule has 0 radical (unpaired) electrons. The van der Waals surface area contributed by atoms with Gasteiger partial charge in [-0.3, -0.25) is 0 Å². The lowest BCUT2D eigenvalue weighted by Crippen LogP contribution is -2.36. The minimum atomic E-state index is -0.945. The molecule has 1 aliphatic carbocycles. The Hall–Kier alpha value is -2.10. The van der Waals surface area contributed by atoms with Gasteiger partial charge in [-0.15, -0.1) is 0 Å². The Morgan fingerprint density at radius 2 is 2.16 bits per heavy atom. The van der Waals surface area contributed by atoms with E-state index in [4.69, 9.17) is 9.47 Å². The van der Waals surface area contributed by atoms with Crippen molar-refractivity contribution >= 4 is 11.9 Å². The van der Waals surface area contributed by atoms with Gasteiger partial charge in [0.25, 0.3) is 0 Å². The number of ether oxygens (including phenoxy) is 2. The van der Waals surface area contributed by atoms with E-state index in [0.717, 1.165) is 24.0 Å². The minimum Gasteiger partial charge on any atom is -0.466 e. The number of hydrogen-bond donors (Lipinski definition) is 0. The Morgan fingerprint density at radius 3 is 2.95 bits per heavy atom. The number of aryl methyl sites for hydroxylation is 1. The van der Waals surface area contributed by atoms with Crippen molar-refractivity contribution in [1.29, 1.82) is 0 Å². The normalized spacial score (nSPS) is 24.7. The lowest BCUT2D eigenvalue weighted by atomic mass is 9.75. The molecule has 0 amide bonds. The van der Waals surface area contributed by atoms with Crippen molar-refractivity contribution in [2.24, 2.45) is 0 Å². The van der Waals surface area contributed by atoms with Crippen LogP contribution in [0.1, 0.15) is 24.0 Å². The maximum atomic E-state index is 11.9. The molecule has 1 aliphatic heterocycles. The molecular formula is C15H14O4. The van der Waals surface area contributed by atoms with Crippen LogP contribution in [0.5, 0.6) is 0 Å². The van der Waals surface area contributed by atoms with E-state index >= 15 is 0 Å². The van der Waals surface area contributed by atoms with Crippen molar-refractivity contribution in [2.45, 2.75) is 24.9 Å². The zero-order valence-electron chi connectivity index (χ0n) is 10.6. The Morgan fingerprint density at radius 1 is 1.37 bits per heavy atom. The number of esters is 2. The first-order valence-corrected chi connectivity index (χ1v) is 6.29. The van der Waals surface area contributed by atoms with Crippen LogP contribution in [0.3, 0.4) is 0 Å². The van der Waals surface area contributed by atoms with E-state index in [1.165, 1.54) is 13.2 Å². The van der Waals surface area contributed by atoms with Gasteiger partial charge in [0.15, 0.2) is 5.60 Å².